The van der Waals surface area contributed by atoms with Crippen LogP contribution >= 0.6 is 31.9 Å². The third kappa shape index (κ3) is 3.80. The molecule has 1 N–H and O–H groups in total. The third-order valence-corrected chi connectivity index (χ3v) is 3.62. The van der Waals surface area contributed by atoms with E-state index in [2.05, 4.69) is 64.5 Å². The van der Waals surface area contributed by atoms with Crippen molar-refractivity contribution in [3.05, 3.63) is 32.7 Å². The Morgan fingerprint density at radius 1 is 1.42 bits per heavy atom. The molecule has 1 atom stereocenters. The largest absolute Gasteiger partial charge is 0.308 e. The van der Waals surface area contributed by atoms with E-state index in [0.29, 0.717) is 12.2 Å². The Morgan fingerprint density at radius 2 is 2.21 bits per heavy atom. The maximum absolute atomic E-state index is 4.46. The molecule has 2 aromatic rings. The molecule has 0 aliphatic heterocycles. The molecule has 0 bridgehead atoms. The normalized spacial score (nSPS) is 12.6. The van der Waals surface area contributed by atoms with Crippen molar-refractivity contribution in [2.75, 3.05) is 6.54 Å². The summed E-state index contributed by atoms with van der Waals surface area (Å²) >= 11 is 6.95. The number of aromatic nitrogens is 5. The molecule has 19 heavy (non-hydrogen) atoms. The molecule has 6 nitrogen and oxygen atoms in total. The van der Waals surface area contributed by atoms with Gasteiger partial charge in [0.15, 0.2) is 5.82 Å². The van der Waals surface area contributed by atoms with Gasteiger partial charge in [0.1, 0.15) is 0 Å². The number of rotatable bonds is 5. The van der Waals surface area contributed by atoms with Crippen molar-refractivity contribution in [3.8, 4) is 0 Å². The van der Waals surface area contributed by atoms with Crippen molar-refractivity contribution >= 4 is 31.9 Å². The SMILES string of the molecule is CCNC(Cc1nnn(C)n1)c1ncc(Br)cc1Br. The van der Waals surface area contributed by atoms with E-state index in [1.807, 2.05) is 6.07 Å². The first-order valence-corrected chi connectivity index (χ1v) is 7.46. The number of hydrogen-bond acceptors (Lipinski definition) is 5. The molecule has 8 heteroatoms. The number of pyridine rings is 1. The van der Waals surface area contributed by atoms with Crippen LogP contribution in [0.4, 0.5) is 0 Å². The Kier molecular flexibility index (Phi) is 5.00. The predicted molar refractivity (Wildman–Crippen MR) is 78.6 cm³/mol. The molecule has 0 fully saturated rings. The summed E-state index contributed by atoms with van der Waals surface area (Å²) in [7, 11) is 1.76. The average Bonchev–Trinajstić information content (AvgIpc) is 2.74. The molecular weight excluding hydrogens is 376 g/mol. The third-order valence-electron chi connectivity index (χ3n) is 2.55. The lowest BCUT2D eigenvalue weighted by molar-refractivity contribution is 0.520. The molecule has 0 aliphatic carbocycles. The van der Waals surface area contributed by atoms with Gasteiger partial charge in [0.05, 0.1) is 18.8 Å². The first-order valence-electron chi connectivity index (χ1n) is 5.87. The summed E-state index contributed by atoms with van der Waals surface area (Å²) in [5, 5.41) is 15.5. The number of tetrazole rings is 1. The van der Waals surface area contributed by atoms with Crippen LogP contribution in [0.15, 0.2) is 21.2 Å². The quantitative estimate of drug-likeness (QED) is 0.847. The van der Waals surface area contributed by atoms with Crippen molar-refractivity contribution in [1.82, 2.24) is 30.5 Å². The summed E-state index contributed by atoms with van der Waals surface area (Å²) < 4.78 is 1.90. The van der Waals surface area contributed by atoms with E-state index in [1.165, 1.54) is 4.80 Å². The molecule has 2 aromatic heterocycles. The van der Waals surface area contributed by atoms with Crippen molar-refractivity contribution in [3.63, 3.8) is 0 Å². The van der Waals surface area contributed by atoms with E-state index in [-0.39, 0.29) is 6.04 Å². The second-order valence-corrected chi connectivity index (χ2v) is 5.80. The van der Waals surface area contributed by atoms with E-state index in [9.17, 15) is 0 Å². The highest BCUT2D eigenvalue weighted by molar-refractivity contribution is 9.11. The molecule has 2 rings (SSSR count). The molecule has 2 heterocycles. The fourth-order valence-electron chi connectivity index (χ4n) is 1.78. The van der Waals surface area contributed by atoms with Crippen LogP contribution in [0.5, 0.6) is 0 Å². The van der Waals surface area contributed by atoms with Gasteiger partial charge in [0.2, 0.25) is 0 Å². The minimum absolute atomic E-state index is 0.0525. The molecule has 0 spiro atoms. The van der Waals surface area contributed by atoms with E-state index in [0.717, 1.165) is 21.2 Å². The van der Waals surface area contributed by atoms with Gasteiger partial charge < -0.3 is 5.32 Å². The van der Waals surface area contributed by atoms with Gasteiger partial charge >= 0.3 is 0 Å². The summed E-state index contributed by atoms with van der Waals surface area (Å²) in [4.78, 5) is 5.92. The molecule has 0 aliphatic rings. The van der Waals surface area contributed by atoms with Gasteiger partial charge in [-0.1, -0.05) is 6.92 Å². The first kappa shape index (κ1) is 14.5. The summed E-state index contributed by atoms with van der Waals surface area (Å²) in [6.45, 7) is 2.90. The molecule has 102 valence electrons. The predicted octanol–water partition coefficient (Wildman–Crippen LogP) is 2.02. The van der Waals surface area contributed by atoms with Crippen molar-refractivity contribution in [2.24, 2.45) is 7.05 Å². The Hall–Kier alpha value is -0.860. The smallest absolute Gasteiger partial charge is 0.176 e. The van der Waals surface area contributed by atoms with Gasteiger partial charge in [0.25, 0.3) is 0 Å². The van der Waals surface area contributed by atoms with Crippen LogP contribution in [0.1, 0.15) is 24.5 Å². The van der Waals surface area contributed by atoms with Gasteiger partial charge in [0, 0.05) is 21.6 Å². The zero-order chi connectivity index (χ0) is 13.8. The Balaban J connectivity index is 2.23. The summed E-state index contributed by atoms with van der Waals surface area (Å²) in [6, 6.07) is 2.04. The van der Waals surface area contributed by atoms with Crippen LogP contribution in [-0.4, -0.2) is 31.7 Å². The van der Waals surface area contributed by atoms with Crippen LogP contribution in [0.25, 0.3) is 0 Å². The Labute approximate surface area is 128 Å². The van der Waals surface area contributed by atoms with Crippen LogP contribution in [-0.2, 0) is 13.5 Å². The van der Waals surface area contributed by atoms with Gasteiger partial charge in [-0.05, 0) is 49.7 Å². The van der Waals surface area contributed by atoms with Crippen LogP contribution in [0.3, 0.4) is 0 Å². The molecule has 0 aromatic carbocycles. The Morgan fingerprint density at radius 3 is 2.79 bits per heavy atom. The van der Waals surface area contributed by atoms with E-state index in [4.69, 9.17) is 0 Å². The van der Waals surface area contributed by atoms with Gasteiger partial charge in [-0.2, -0.15) is 4.80 Å². The first-order chi connectivity index (χ1) is 9.10. The zero-order valence-corrected chi connectivity index (χ0v) is 13.8. The van der Waals surface area contributed by atoms with Crippen molar-refractivity contribution in [1.29, 1.82) is 0 Å². The van der Waals surface area contributed by atoms with Crippen molar-refractivity contribution < 1.29 is 0 Å². The number of halogens is 2. The van der Waals surface area contributed by atoms with E-state index in [1.54, 1.807) is 13.2 Å². The Bertz CT molecular complexity index is 556. The highest BCUT2D eigenvalue weighted by atomic mass is 79.9. The lowest BCUT2D eigenvalue weighted by atomic mass is 10.1. The lowest BCUT2D eigenvalue weighted by Crippen LogP contribution is -2.24. The molecular formula is C11H14Br2N6. The molecule has 1 unspecified atom stereocenters. The monoisotopic (exact) mass is 388 g/mol. The number of nitrogens with one attached hydrogen (secondary N) is 1. The highest BCUT2D eigenvalue weighted by Gasteiger charge is 2.18. The van der Waals surface area contributed by atoms with E-state index >= 15 is 0 Å². The maximum atomic E-state index is 4.46. The number of nitrogens with zero attached hydrogens (tertiary/aromatic N) is 5. The lowest BCUT2D eigenvalue weighted by Gasteiger charge is -2.17. The highest BCUT2D eigenvalue weighted by Crippen LogP contribution is 2.26. The second kappa shape index (κ2) is 6.53. The number of aryl methyl sites for hydroxylation is 1. The van der Waals surface area contributed by atoms with Gasteiger partial charge in [-0.3, -0.25) is 4.98 Å². The molecule has 0 amide bonds. The number of hydrogen-bond donors (Lipinski definition) is 1. The second-order valence-electron chi connectivity index (χ2n) is 4.03. The molecule has 0 saturated heterocycles. The summed E-state index contributed by atoms with van der Waals surface area (Å²) in [6.07, 6.45) is 2.43. The molecule has 0 radical (unpaired) electrons. The fourth-order valence-corrected chi connectivity index (χ4v) is 3.04. The van der Waals surface area contributed by atoms with Crippen LogP contribution in [0.2, 0.25) is 0 Å². The minimum Gasteiger partial charge on any atom is -0.308 e. The van der Waals surface area contributed by atoms with E-state index < -0.39 is 0 Å². The average molecular weight is 390 g/mol. The number of likely N-dealkylation sites (N-methyl/N-ethyl adjacent to an activating group) is 1. The zero-order valence-electron chi connectivity index (χ0n) is 10.6. The topological polar surface area (TPSA) is 68.5 Å². The van der Waals surface area contributed by atoms with Gasteiger partial charge in [-0.25, -0.2) is 0 Å². The van der Waals surface area contributed by atoms with Crippen LogP contribution in [0, 0.1) is 0 Å². The van der Waals surface area contributed by atoms with Crippen LogP contribution < -0.4 is 5.32 Å². The summed E-state index contributed by atoms with van der Waals surface area (Å²) in [5.41, 5.74) is 0.942. The minimum atomic E-state index is 0.0525. The van der Waals surface area contributed by atoms with Gasteiger partial charge in [-0.15, -0.1) is 10.2 Å². The maximum Gasteiger partial charge on any atom is 0.176 e. The molecule has 0 saturated carbocycles. The van der Waals surface area contributed by atoms with Crippen molar-refractivity contribution in [2.45, 2.75) is 19.4 Å². The standard InChI is InChI=1S/C11H14Br2N6/c1-3-14-9(5-10-16-18-19(2)17-10)11-8(13)4-7(12)6-15-11/h4,6,9,14H,3,5H2,1-2H3. The fraction of sp³-hybridized carbons (Fsp3) is 0.455. The summed E-state index contributed by atoms with van der Waals surface area (Å²) in [5.74, 6) is 0.699.